The molecule has 76 valence electrons. The predicted molar refractivity (Wildman–Crippen MR) is 59.0 cm³/mol. The first-order chi connectivity index (χ1) is 7.27. The number of non-ortho nitro benzene ring substituents is 1. The number of rotatable bonds is 2. The molecule has 0 amide bonds. The molecule has 0 fully saturated rings. The van der Waals surface area contributed by atoms with Crippen LogP contribution in [0.5, 0.6) is 0 Å². The van der Waals surface area contributed by atoms with Crippen LogP contribution in [-0.2, 0) is 0 Å². The summed E-state index contributed by atoms with van der Waals surface area (Å²) in [7, 11) is 0. The highest BCUT2D eigenvalue weighted by Gasteiger charge is 2.09. The summed E-state index contributed by atoms with van der Waals surface area (Å²) in [6.07, 6.45) is 4.50. The Morgan fingerprint density at radius 3 is 2.93 bits per heavy atom. The molecule has 0 saturated heterocycles. The summed E-state index contributed by atoms with van der Waals surface area (Å²) < 4.78 is 0. The highest BCUT2D eigenvalue weighted by molar-refractivity contribution is 5.86. The third-order valence-electron chi connectivity index (χ3n) is 2.32. The number of benzene rings is 1. The third kappa shape index (κ3) is 2.10. The summed E-state index contributed by atoms with van der Waals surface area (Å²) in [6.45, 7) is 0.758. The molecule has 0 radical (unpaired) electrons. The van der Waals surface area contributed by atoms with Crippen molar-refractivity contribution in [3.05, 3.63) is 46.0 Å². The SMILES string of the molecule is O=[N+]([O-])c1cccc(C2=CC=NCC2)c1. The minimum absolute atomic E-state index is 0.135. The molecule has 0 aromatic heterocycles. The molecule has 15 heavy (non-hydrogen) atoms. The molecular weight excluding hydrogens is 192 g/mol. The number of aliphatic imine (C=N–C) groups is 1. The number of hydrogen-bond acceptors (Lipinski definition) is 3. The largest absolute Gasteiger partial charge is 0.293 e. The fourth-order valence-electron chi connectivity index (χ4n) is 1.55. The van der Waals surface area contributed by atoms with Crippen LogP contribution in [-0.4, -0.2) is 17.7 Å². The normalized spacial score (nSPS) is 14.8. The second-order valence-corrected chi connectivity index (χ2v) is 3.30. The Labute approximate surface area is 87.1 Å². The summed E-state index contributed by atoms with van der Waals surface area (Å²) in [5, 5.41) is 10.6. The van der Waals surface area contributed by atoms with Crippen LogP contribution in [0.2, 0.25) is 0 Å². The lowest BCUT2D eigenvalue weighted by atomic mass is 10.0. The van der Waals surface area contributed by atoms with Crippen LogP contribution in [0.1, 0.15) is 12.0 Å². The van der Waals surface area contributed by atoms with Gasteiger partial charge in [0.25, 0.3) is 5.69 Å². The minimum Gasteiger partial charge on any atom is -0.293 e. The summed E-state index contributed by atoms with van der Waals surface area (Å²) in [5.74, 6) is 0. The van der Waals surface area contributed by atoms with Crippen LogP contribution in [0.3, 0.4) is 0 Å². The van der Waals surface area contributed by atoms with E-state index in [2.05, 4.69) is 4.99 Å². The third-order valence-corrected chi connectivity index (χ3v) is 2.32. The van der Waals surface area contributed by atoms with Crippen molar-refractivity contribution in [1.82, 2.24) is 0 Å². The maximum absolute atomic E-state index is 10.6. The van der Waals surface area contributed by atoms with Gasteiger partial charge >= 0.3 is 0 Å². The second kappa shape index (κ2) is 4.04. The lowest BCUT2D eigenvalue weighted by Crippen LogP contribution is -1.95. The molecule has 2 rings (SSSR count). The van der Waals surface area contributed by atoms with Crippen molar-refractivity contribution < 1.29 is 4.92 Å². The van der Waals surface area contributed by atoms with Crippen LogP contribution in [0.15, 0.2) is 35.3 Å². The van der Waals surface area contributed by atoms with Crippen molar-refractivity contribution >= 4 is 17.5 Å². The summed E-state index contributed by atoms with van der Waals surface area (Å²) in [4.78, 5) is 14.3. The summed E-state index contributed by atoms with van der Waals surface area (Å²) >= 11 is 0. The van der Waals surface area contributed by atoms with E-state index in [0.717, 1.165) is 24.1 Å². The topological polar surface area (TPSA) is 55.5 Å². The predicted octanol–water partition coefficient (Wildman–Crippen LogP) is 2.45. The standard InChI is InChI=1S/C11H10N2O2/c14-13(15)11-3-1-2-10(8-11)9-4-6-12-7-5-9/h1-4,6,8H,5,7H2. The Morgan fingerprint density at radius 2 is 2.27 bits per heavy atom. The van der Waals surface area contributed by atoms with E-state index in [-0.39, 0.29) is 10.6 Å². The number of hydrogen-bond donors (Lipinski definition) is 0. The van der Waals surface area contributed by atoms with Crippen molar-refractivity contribution in [2.24, 2.45) is 4.99 Å². The number of nitrogens with zero attached hydrogens (tertiary/aromatic N) is 2. The summed E-state index contributed by atoms with van der Waals surface area (Å²) in [5.41, 5.74) is 2.15. The van der Waals surface area contributed by atoms with Crippen LogP contribution < -0.4 is 0 Å². The maximum Gasteiger partial charge on any atom is 0.270 e. The lowest BCUT2D eigenvalue weighted by molar-refractivity contribution is -0.384. The molecule has 0 spiro atoms. The molecule has 1 heterocycles. The number of allylic oxidation sites excluding steroid dienone is 1. The first kappa shape index (κ1) is 9.58. The Morgan fingerprint density at radius 1 is 1.40 bits per heavy atom. The quantitative estimate of drug-likeness (QED) is 0.546. The molecule has 0 atom stereocenters. The number of dihydropyridines is 1. The highest BCUT2D eigenvalue weighted by atomic mass is 16.6. The van der Waals surface area contributed by atoms with Crippen molar-refractivity contribution in [2.75, 3.05) is 6.54 Å². The molecule has 1 aliphatic rings. The van der Waals surface area contributed by atoms with E-state index in [1.165, 1.54) is 6.07 Å². The molecule has 0 saturated carbocycles. The molecule has 1 aliphatic heterocycles. The molecule has 4 heteroatoms. The van der Waals surface area contributed by atoms with Gasteiger partial charge in [0.15, 0.2) is 0 Å². The molecule has 0 aliphatic carbocycles. The van der Waals surface area contributed by atoms with E-state index in [1.54, 1.807) is 18.3 Å². The summed E-state index contributed by atoms with van der Waals surface area (Å²) in [6, 6.07) is 6.70. The zero-order valence-electron chi connectivity index (χ0n) is 8.09. The number of nitro benzene ring substituents is 1. The smallest absolute Gasteiger partial charge is 0.270 e. The fraction of sp³-hybridized carbons (Fsp3) is 0.182. The van der Waals surface area contributed by atoms with Gasteiger partial charge in [-0.3, -0.25) is 15.1 Å². The molecule has 0 bridgehead atoms. The van der Waals surface area contributed by atoms with Gasteiger partial charge in [-0.1, -0.05) is 12.1 Å². The monoisotopic (exact) mass is 202 g/mol. The van der Waals surface area contributed by atoms with Crippen LogP contribution in [0.4, 0.5) is 5.69 Å². The molecule has 1 aromatic carbocycles. The van der Waals surface area contributed by atoms with E-state index in [0.29, 0.717) is 0 Å². The van der Waals surface area contributed by atoms with E-state index in [9.17, 15) is 10.1 Å². The van der Waals surface area contributed by atoms with Gasteiger partial charge in [0.05, 0.1) is 4.92 Å². The highest BCUT2D eigenvalue weighted by Crippen LogP contribution is 2.23. The zero-order valence-corrected chi connectivity index (χ0v) is 8.09. The zero-order chi connectivity index (χ0) is 10.7. The van der Waals surface area contributed by atoms with E-state index >= 15 is 0 Å². The van der Waals surface area contributed by atoms with Gasteiger partial charge in [-0.2, -0.15) is 0 Å². The average molecular weight is 202 g/mol. The fourth-order valence-corrected chi connectivity index (χ4v) is 1.55. The van der Waals surface area contributed by atoms with Gasteiger partial charge < -0.3 is 0 Å². The first-order valence-corrected chi connectivity index (χ1v) is 4.71. The van der Waals surface area contributed by atoms with Gasteiger partial charge in [-0.15, -0.1) is 0 Å². The van der Waals surface area contributed by atoms with Gasteiger partial charge in [-0.25, -0.2) is 0 Å². The Hall–Kier alpha value is -1.97. The van der Waals surface area contributed by atoms with Gasteiger partial charge in [0.2, 0.25) is 0 Å². The second-order valence-electron chi connectivity index (χ2n) is 3.30. The van der Waals surface area contributed by atoms with E-state index in [4.69, 9.17) is 0 Å². The molecule has 4 nitrogen and oxygen atoms in total. The van der Waals surface area contributed by atoms with Crippen molar-refractivity contribution in [2.45, 2.75) is 6.42 Å². The van der Waals surface area contributed by atoms with Crippen molar-refractivity contribution in [3.63, 3.8) is 0 Å². The Kier molecular flexibility index (Phi) is 2.58. The molecule has 1 aromatic rings. The average Bonchev–Trinajstić information content (AvgIpc) is 2.30. The molecular formula is C11H10N2O2. The van der Waals surface area contributed by atoms with E-state index < -0.39 is 0 Å². The van der Waals surface area contributed by atoms with E-state index in [1.807, 2.05) is 12.1 Å². The van der Waals surface area contributed by atoms with Crippen molar-refractivity contribution in [1.29, 1.82) is 0 Å². The Bertz CT molecular complexity index is 450. The first-order valence-electron chi connectivity index (χ1n) is 4.71. The molecule has 0 unspecified atom stereocenters. The van der Waals surface area contributed by atoms with Crippen LogP contribution in [0.25, 0.3) is 5.57 Å². The Balaban J connectivity index is 2.36. The van der Waals surface area contributed by atoms with Gasteiger partial charge in [0.1, 0.15) is 0 Å². The van der Waals surface area contributed by atoms with Crippen molar-refractivity contribution in [3.8, 4) is 0 Å². The lowest BCUT2D eigenvalue weighted by Gasteiger charge is -2.08. The van der Waals surface area contributed by atoms with Crippen LogP contribution >= 0.6 is 0 Å². The molecule has 0 N–H and O–H groups in total. The number of nitro groups is 1. The van der Waals surface area contributed by atoms with Gasteiger partial charge in [0, 0.05) is 24.9 Å². The maximum atomic E-state index is 10.6. The van der Waals surface area contributed by atoms with Gasteiger partial charge in [-0.05, 0) is 23.6 Å². The minimum atomic E-state index is -0.374. The van der Waals surface area contributed by atoms with Crippen LogP contribution in [0, 0.1) is 10.1 Å².